The highest BCUT2D eigenvalue weighted by atomic mass is 32.2. The smallest absolute Gasteiger partial charge is 0.211 e. The zero-order valence-electron chi connectivity index (χ0n) is 14.1. The van der Waals surface area contributed by atoms with Crippen LogP contribution in [0.15, 0.2) is 18.5 Å². The maximum atomic E-state index is 11.8. The molecule has 7 nitrogen and oxygen atoms in total. The van der Waals surface area contributed by atoms with Crippen LogP contribution in [0.25, 0.3) is 22.1 Å². The number of rotatable bonds is 2. The number of nitrogens with zero attached hydrogens (tertiary/aromatic N) is 4. The average Bonchev–Trinajstić information content (AvgIpc) is 3.09. The van der Waals surface area contributed by atoms with Crippen LogP contribution in [0, 0.1) is 6.92 Å². The van der Waals surface area contributed by atoms with E-state index >= 15 is 0 Å². The summed E-state index contributed by atoms with van der Waals surface area (Å²) in [5.74, 6) is 0.941. The highest BCUT2D eigenvalue weighted by molar-refractivity contribution is 7.88. The molecule has 4 rings (SSSR count). The number of sulfonamides is 1. The highest BCUT2D eigenvalue weighted by Gasteiger charge is 2.36. The summed E-state index contributed by atoms with van der Waals surface area (Å²) in [4.78, 5) is 12.3. The topological polar surface area (TPSA) is 83.9 Å². The standard InChI is InChI=1S/C16H21N5O2S/c1-11-19-13-10-18-15-12(4-7-17-15)14(13)21(11)16(2)5-8-20(9-6-16)24(3,22)23/h4,7,10H,5-6,8-9H2,1-3H3,(H,17,18). The van der Waals surface area contributed by atoms with Crippen LogP contribution >= 0.6 is 0 Å². The van der Waals surface area contributed by atoms with Gasteiger partial charge >= 0.3 is 0 Å². The molecule has 24 heavy (non-hydrogen) atoms. The molecule has 1 fully saturated rings. The molecule has 1 N–H and O–H groups in total. The average molecular weight is 347 g/mol. The van der Waals surface area contributed by atoms with Crippen LogP contribution in [0.5, 0.6) is 0 Å². The first-order valence-electron chi connectivity index (χ1n) is 8.06. The maximum Gasteiger partial charge on any atom is 0.211 e. The molecule has 1 aliphatic rings. The van der Waals surface area contributed by atoms with E-state index in [0.717, 1.165) is 40.7 Å². The van der Waals surface area contributed by atoms with E-state index in [2.05, 4.69) is 26.4 Å². The fourth-order valence-electron chi connectivity index (χ4n) is 3.87. The minimum absolute atomic E-state index is 0.161. The number of aryl methyl sites for hydroxylation is 1. The van der Waals surface area contributed by atoms with Crippen LogP contribution in [0.3, 0.4) is 0 Å². The van der Waals surface area contributed by atoms with Crippen LogP contribution in [0.4, 0.5) is 0 Å². The Bertz CT molecular complexity index is 1030. The zero-order chi connectivity index (χ0) is 17.1. The van der Waals surface area contributed by atoms with Gasteiger partial charge in [-0.25, -0.2) is 22.7 Å². The van der Waals surface area contributed by atoms with Gasteiger partial charge in [-0.2, -0.15) is 0 Å². The molecule has 3 aromatic rings. The first-order chi connectivity index (χ1) is 11.3. The van der Waals surface area contributed by atoms with Crippen molar-refractivity contribution in [2.24, 2.45) is 0 Å². The highest BCUT2D eigenvalue weighted by Crippen LogP contribution is 2.36. The Balaban J connectivity index is 1.84. The Morgan fingerprint density at radius 2 is 2.00 bits per heavy atom. The Labute approximate surface area is 140 Å². The second-order valence-electron chi connectivity index (χ2n) is 6.89. The van der Waals surface area contributed by atoms with Gasteiger partial charge in [-0.1, -0.05) is 0 Å². The van der Waals surface area contributed by atoms with Gasteiger partial charge < -0.3 is 9.55 Å². The number of imidazole rings is 1. The molecule has 0 aromatic carbocycles. The maximum absolute atomic E-state index is 11.8. The first-order valence-corrected chi connectivity index (χ1v) is 9.91. The van der Waals surface area contributed by atoms with Crippen LogP contribution in [0.1, 0.15) is 25.6 Å². The lowest BCUT2D eigenvalue weighted by Gasteiger charge is -2.40. The molecule has 4 heterocycles. The van der Waals surface area contributed by atoms with Gasteiger partial charge in [0.1, 0.15) is 17.0 Å². The fourth-order valence-corrected chi connectivity index (χ4v) is 4.72. The predicted molar refractivity (Wildman–Crippen MR) is 93.4 cm³/mol. The van der Waals surface area contributed by atoms with Gasteiger partial charge in [-0.05, 0) is 32.8 Å². The minimum atomic E-state index is -3.13. The van der Waals surface area contributed by atoms with Gasteiger partial charge in [0.25, 0.3) is 0 Å². The van der Waals surface area contributed by atoms with Crippen molar-refractivity contribution < 1.29 is 8.42 Å². The minimum Gasteiger partial charge on any atom is -0.346 e. The Kier molecular flexibility index (Phi) is 3.27. The normalized spacial score (nSPS) is 19.3. The van der Waals surface area contributed by atoms with Crippen molar-refractivity contribution in [1.29, 1.82) is 0 Å². The molecule has 0 bridgehead atoms. The van der Waals surface area contributed by atoms with E-state index in [0.29, 0.717) is 13.1 Å². The van der Waals surface area contributed by atoms with Gasteiger partial charge in [0, 0.05) is 30.2 Å². The molecule has 1 aliphatic heterocycles. The summed E-state index contributed by atoms with van der Waals surface area (Å²) in [5.41, 5.74) is 2.65. The van der Waals surface area contributed by atoms with Crippen LogP contribution < -0.4 is 0 Å². The summed E-state index contributed by atoms with van der Waals surface area (Å²) in [7, 11) is -3.13. The van der Waals surface area contributed by atoms with E-state index in [1.54, 1.807) is 10.5 Å². The third-order valence-electron chi connectivity index (χ3n) is 5.18. The summed E-state index contributed by atoms with van der Waals surface area (Å²) >= 11 is 0. The van der Waals surface area contributed by atoms with E-state index in [9.17, 15) is 8.42 Å². The van der Waals surface area contributed by atoms with Crippen molar-refractivity contribution >= 4 is 32.1 Å². The number of aromatic nitrogens is 4. The van der Waals surface area contributed by atoms with Crippen molar-refractivity contribution in [3.05, 3.63) is 24.3 Å². The molecule has 8 heteroatoms. The molecular formula is C16H21N5O2S. The van der Waals surface area contributed by atoms with E-state index < -0.39 is 10.0 Å². The van der Waals surface area contributed by atoms with Gasteiger partial charge in [0.05, 0.1) is 18.0 Å². The summed E-state index contributed by atoms with van der Waals surface area (Å²) in [6.07, 6.45) is 6.49. The van der Waals surface area contributed by atoms with Gasteiger partial charge in [-0.3, -0.25) is 0 Å². The second-order valence-corrected chi connectivity index (χ2v) is 8.87. The monoisotopic (exact) mass is 347 g/mol. The molecule has 1 saturated heterocycles. The number of hydrogen-bond acceptors (Lipinski definition) is 4. The zero-order valence-corrected chi connectivity index (χ0v) is 14.9. The number of hydrogen-bond donors (Lipinski definition) is 1. The molecule has 0 unspecified atom stereocenters. The van der Waals surface area contributed by atoms with Crippen molar-refractivity contribution in [2.75, 3.05) is 19.3 Å². The number of H-pyrrole nitrogens is 1. The van der Waals surface area contributed by atoms with Crippen molar-refractivity contribution in [3.63, 3.8) is 0 Å². The largest absolute Gasteiger partial charge is 0.346 e. The number of fused-ring (bicyclic) bond motifs is 3. The summed E-state index contributed by atoms with van der Waals surface area (Å²) in [5, 5.41) is 1.06. The summed E-state index contributed by atoms with van der Waals surface area (Å²) in [6.45, 7) is 5.28. The number of nitrogens with one attached hydrogen (secondary N) is 1. The lowest BCUT2D eigenvalue weighted by atomic mass is 9.89. The van der Waals surface area contributed by atoms with E-state index in [-0.39, 0.29) is 5.54 Å². The number of pyridine rings is 1. The van der Waals surface area contributed by atoms with Crippen LogP contribution in [-0.2, 0) is 15.6 Å². The Hall–Kier alpha value is -1.93. The predicted octanol–water partition coefficient (Wildman–Crippen LogP) is 1.99. The number of aromatic amines is 1. The van der Waals surface area contributed by atoms with E-state index in [1.165, 1.54) is 6.26 Å². The molecule has 0 spiro atoms. The van der Waals surface area contributed by atoms with Gasteiger partial charge in [0.15, 0.2) is 0 Å². The molecule has 0 atom stereocenters. The molecule has 0 saturated carbocycles. The molecule has 0 amide bonds. The second kappa shape index (κ2) is 5.03. The molecular weight excluding hydrogens is 326 g/mol. The Morgan fingerprint density at radius 1 is 1.29 bits per heavy atom. The fraction of sp³-hybridized carbons (Fsp3) is 0.500. The summed E-state index contributed by atoms with van der Waals surface area (Å²) < 4.78 is 27.4. The molecule has 128 valence electrons. The SMILES string of the molecule is Cc1nc2cnc3[nH]ccc3c2n1C1(C)CCN(S(C)(=O)=O)CC1. The third kappa shape index (κ3) is 2.24. The lowest BCUT2D eigenvalue weighted by Crippen LogP contribution is -2.46. The van der Waals surface area contributed by atoms with E-state index in [1.807, 2.05) is 19.2 Å². The quantitative estimate of drug-likeness (QED) is 0.768. The molecule has 0 aliphatic carbocycles. The molecule has 0 radical (unpaired) electrons. The van der Waals surface area contributed by atoms with Crippen molar-refractivity contribution in [1.82, 2.24) is 23.8 Å². The number of piperidine rings is 1. The molecule has 3 aromatic heterocycles. The van der Waals surface area contributed by atoms with E-state index in [4.69, 9.17) is 0 Å². The van der Waals surface area contributed by atoms with Gasteiger partial charge in [0.2, 0.25) is 10.0 Å². The van der Waals surface area contributed by atoms with Crippen LogP contribution in [-0.4, -0.2) is 51.6 Å². The van der Waals surface area contributed by atoms with Crippen molar-refractivity contribution in [3.8, 4) is 0 Å². The summed E-state index contributed by atoms with van der Waals surface area (Å²) in [6, 6.07) is 2.03. The van der Waals surface area contributed by atoms with Crippen LogP contribution in [0.2, 0.25) is 0 Å². The lowest BCUT2D eigenvalue weighted by molar-refractivity contribution is 0.182. The Morgan fingerprint density at radius 3 is 2.67 bits per heavy atom. The first kappa shape index (κ1) is 15.6. The van der Waals surface area contributed by atoms with Gasteiger partial charge in [-0.15, -0.1) is 0 Å². The third-order valence-corrected chi connectivity index (χ3v) is 6.48. The van der Waals surface area contributed by atoms with Crippen molar-refractivity contribution in [2.45, 2.75) is 32.2 Å².